The third-order valence-electron chi connectivity index (χ3n) is 3.17. The van der Waals surface area contributed by atoms with Crippen LogP contribution in [-0.2, 0) is 4.79 Å². The van der Waals surface area contributed by atoms with Gasteiger partial charge in [-0.05, 0) is 43.6 Å². The third-order valence-corrected chi connectivity index (χ3v) is 3.82. The number of carbonyl (C=O) groups excluding carboxylic acids is 1. The second-order valence-corrected chi connectivity index (χ2v) is 5.93. The Labute approximate surface area is 146 Å². The van der Waals surface area contributed by atoms with E-state index in [-0.39, 0.29) is 18.3 Å². The second kappa shape index (κ2) is 9.50. The predicted octanol–water partition coefficient (Wildman–Crippen LogP) is 2.89. The second-order valence-electron chi connectivity index (χ2n) is 4.95. The monoisotopic (exact) mass is 352 g/mol. The smallest absolute Gasteiger partial charge is 0.241 e. The first-order valence-electron chi connectivity index (χ1n) is 7.05. The van der Waals surface area contributed by atoms with E-state index in [0.29, 0.717) is 12.2 Å². The van der Waals surface area contributed by atoms with Gasteiger partial charge in [0, 0.05) is 17.4 Å². The average Bonchev–Trinajstić information content (AvgIpc) is 2.52. The summed E-state index contributed by atoms with van der Waals surface area (Å²) in [7, 11) is 0. The molecule has 23 heavy (non-hydrogen) atoms. The van der Waals surface area contributed by atoms with E-state index in [1.54, 1.807) is 18.0 Å². The van der Waals surface area contributed by atoms with Crippen LogP contribution in [0.1, 0.15) is 12.2 Å². The van der Waals surface area contributed by atoms with Gasteiger partial charge in [-0.3, -0.25) is 4.79 Å². The molecule has 0 bridgehead atoms. The van der Waals surface area contributed by atoms with Crippen LogP contribution in [0.4, 0.5) is 5.69 Å². The average molecular weight is 353 g/mol. The molecular formula is C16H21ClN4OS. The largest absolute Gasteiger partial charge is 0.325 e. The summed E-state index contributed by atoms with van der Waals surface area (Å²) < 4.78 is 0. The number of benzene rings is 1. The van der Waals surface area contributed by atoms with Gasteiger partial charge in [0.1, 0.15) is 5.82 Å². The van der Waals surface area contributed by atoms with Gasteiger partial charge in [0.2, 0.25) is 5.91 Å². The number of carbonyl (C=O) groups is 1. The lowest BCUT2D eigenvalue weighted by Gasteiger charge is -2.12. The first-order valence-corrected chi connectivity index (χ1v) is 8.45. The minimum absolute atomic E-state index is 0. The van der Waals surface area contributed by atoms with Gasteiger partial charge in [-0.25, -0.2) is 9.97 Å². The van der Waals surface area contributed by atoms with Crippen molar-refractivity contribution in [3.63, 3.8) is 0 Å². The van der Waals surface area contributed by atoms with E-state index >= 15 is 0 Å². The van der Waals surface area contributed by atoms with Crippen molar-refractivity contribution in [2.45, 2.75) is 19.4 Å². The fourth-order valence-corrected chi connectivity index (χ4v) is 2.47. The number of halogens is 1. The van der Waals surface area contributed by atoms with Crippen LogP contribution < -0.4 is 11.1 Å². The molecule has 2 aromatic rings. The highest BCUT2D eigenvalue weighted by Gasteiger charge is 2.13. The normalized spacial score (nSPS) is 11.4. The highest BCUT2D eigenvalue weighted by Crippen LogP contribution is 2.20. The quantitative estimate of drug-likeness (QED) is 0.835. The zero-order valence-electron chi connectivity index (χ0n) is 13.2. The molecule has 1 aromatic carbocycles. The van der Waals surface area contributed by atoms with Gasteiger partial charge in [0.15, 0.2) is 0 Å². The number of aromatic nitrogens is 2. The molecule has 2 rings (SSSR count). The Hall–Kier alpha value is -1.63. The van der Waals surface area contributed by atoms with Crippen LogP contribution >= 0.6 is 24.2 Å². The Morgan fingerprint density at radius 2 is 2.17 bits per heavy atom. The number of hydrogen-bond donors (Lipinski definition) is 2. The van der Waals surface area contributed by atoms with E-state index < -0.39 is 6.04 Å². The zero-order valence-corrected chi connectivity index (χ0v) is 14.8. The Morgan fingerprint density at radius 3 is 2.87 bits per heavy atom. The van der Waals surface area contributed by atoms with Crippen molar-refractivity contribution in [2.24, 2.45) is 5.73 Å². The van der Waals surface area contributed by atoms with Crippen molar-refractivity contribution in [3.05, 3.63) is 42.4 Å². The maximum atomic E-state index is 12.0. The number of amides is 1. The first-order chi connectivity index (χ1) is 10.6. The summed E-state index contributed by atoms with van der Waals surface area (Å²) in [6, 6.07) is 8.92. The van der Waals surface area contributed by atoms with Gasteiger partial charge < -0.3 is 11.1 Å². The lowest BCUT2D eigenvalue weighted by atomic mass is 10.1. The third kappa shape index (κ3) is 5.82. The molecule has 0 aliphatic rings. The molecule has 1 atom stereocenters. The Bertz CT molecular complexity index is 653. The van der Waals surface area contributed by atoms with Crippen LogP contribution in [0, 0.1) is 6.92 Å². The molecule has 3 N–H and O–H groups in total. The molecule has 1 unspecified atom stereocenters. The van der Waals surface area contributed by atoms with E-state index in [1.165, 1.54) is 0 Å². The molecule has 0 fully saturated rings. The van der Waals surface area contributed by atoms with Gasteiger partial charge in [-0.1, -0.05) is 12.1 Å². The van der Waals surface area contributed by atoms with Crippen molar-refractivity contribution < 1.29 is 4.79 Å². The highest BCUT2D eigenvalue weighted by atomic mass is 35.5. The number of anilines is 1. The molecule has 1 heterocycles. The van der Waals surface area contributed by atoms with Crippen LogP contribution in [-0.4, -0.2) is 33.9 Å². The van der Waals surface area contributed by atoms with Crippen molar-refractivity contribution >= 4 is 35.8 Å². The molecule has 5 nitrogen and oxygen atoms in total. The van der Waals surface area contributed by atoms with Gasteiger partial charge in [-0.15, -0.1) is 12.4 Å². The Morgan fingerprint density at radius 1 is 1.39 bits per heavy atom. The number of thioether (sulfide) groups is 1. The van der Waals surface area contributed by atoms with Gasteiger partial charge in [0.05, 0.1) is 11.7 Å². The van der Waals surface area contributed by atoms with E-state index in [4.69, 9.17) is 5.73 Å². The summed E-state index contributed by atoms with van der Waals surface area (Å²) in [6.45, 7) is 1.85. The molecule has 0 radical (unpaired) electrons. The SMILES string of the molecule is CSCCC(N)C(=O)Nc1cccc(-c2ccnc(C)n2)c1.Cl. The number of nitrogens with one attached hydrogen (secondary N) is 1. The summed E-state index contributed by atoms with van der Waals surface area (Å²) in [6.07, 6.45) is 4.39. The maximum Gasteiger partial charge on any atom is 0.241 e. The number of nitrogens with two attached hydrogens (primary N) is 1. The standard InChI is InChI=1S/C16H20N4OS.ClH/c1-11-18-8-6-15(19-11)12-4-3-5-13(10-12)20-16(21)14(17)7-9-22-2;/h3-6,8,10,14H,7,9,17H2,1-2H3,(H,20,21);1H. The fourth-order valence-electron chi connectivity index (χ4n) is 1.98. The minimum Gasteiger partial charge on any atom is -0.325 e. The van der Waals surface area contributed by atoms with Crippen LogP contribution in [0.5, 0.6) is 0 Å². The summed E-state index contributed by atoms with van der Waals surface area (Å²) in [5.74, 6) is 1.42. The van der Waals surface area contributed by atoms with Gasteiger partial charge >= 0.3 is 0 Å². The molecule has 1 amide bonds. The lowest BCUT2D eigenvalue weighted by molar-refractivity contribution is -0.117. The zero-order chi connectivity index (χ0) is 15.9. The van der Waals surface area contributed by atoms with Gasteiger partial charge in [0.25, 0.3) is 0 Å². The number of nitrogens with zero attached hydrogens (tertiary/aromatic N) is 2. The van der Waals surface area contributed by atoms with Crippen molar-refractivity contribution in [1.82, 2.24) is 9.97 Å². The Kier molecular flexibility index (Phi) is 8.02. The van der Waals surface area contributed by atoms with Crippen LogP contribution in [0.25, 0.3) is 11.3 Å². The van der Waals surface area contributed by atoms with Crippen LogP contribution in [0.15, 0.2) is 36.5 Å². The summed E-state index contributed by atoms with van der Waals surface area (Å²) in [5.41, 5.74) is 8.36. The highest BCUT2D eigenvalue weighted by molar-refractivity contribution is 7.98. The minimum atomic E-state index is -0.489. The molecule has 0 aliphatic carbocycles. The molecule has 0 saturated carbocycles. The van der Waals surface area contributed by atoms with Crippen LogP contribution in [0.3, 0.4) is 0 Å². The fraction of sp³-hybridized carbons (Fsp3) is 0.312. The Balaban J connectivity index is 0.00000264. The molecule has 0 aliphatic heterocycles. The summed E-state index contributed by atoms with van der Waals surface area (Å²) in [4.78, 5) is 20.5. The maximum absolute atomic E-state index is 12.0. The van der Waals surface area contributed by atoms with E-state index in [1.807, 2.05) is 43.5 Å². The van der Waals surface area contributed by atoms with Crippen molar-refractivity contribution in [3.8, 4) is 11.3 Å². The predicted molar refractivity (Wildman–Crippen MR) is 99.1 cm³/mol. The molecule has 7 heteroatoms. The van der Waals surface area contributed by atoms with E-state index in [0.717, 1.165) is 22.7 Å². The molecular weight excluding hydrogens is 332 g/mol. The van der Waals surface area contributed by atoms with Crippen molar-refractivity contribution in [1.29, 1.82) is 0 Å². The molecule has 124 valence electrons. The van der Waals surface area contributed by atoms with E-state index in [2.05, 4.69) is 15.3 Å². The molecule has 0 saturated heterocycles. The molecule has 0 spiro atoms. The van der Waals surface area contributed by atoms with Gasteiger partial charge in [-0.2, -0.15) is 11.8 Å². The number of aryl methyl sites for hydroxylation is 1. The summed E-state index contributed by atoms with van der Waals surface area (Å²) in [5, 5.41) is 2.86. The van der Waals surface area contributed by atoms with Crippen LogP contribution in [0.2, 0.25) is 0 Å². The summed E-state index contributed by atoms with van der Waals surface area (Å²) >= 11 is 1.68. The van der Waals surface area contributed by atoms with E-state index in [9.17, 15) is 4.79 Å². The number of rotatable bonds is 6. The first kappa shape index (κ1) is 19.4. The molecule has 1 aromatic heterocycles. The number of hydrogen-bond acceptors (Lipinski definition) is 5. The topological polar surface area (TPSA) is 80.9 Å². The van der Waals surface area contributed by atoms with Crippen molar-refractivity contribution in [2.75, 3.05) is 17.3 Å². The lowest BCUT2D eigenvalue weighted by Crippen LogP contribution is -2.36.